The molecule has 0 fully saturated rings. The van der Waals surface area contributed by atoms with Crippen LogP contribution < -0.4 is 5.73 Å². The smallest absolute Gasteiger partial charge is 0.194 e. The summed E-state index contributed by atoms with van der Waals surface area (Å²) in [5.41, 5.74) is 6.76. The number of hydrogen-bond donors (Lipinski definition) is 1. The van der Waals surface area contributed by atoms with Gasteiger partial charge in [0, 0.05) is 30.5 Å². The molecule has 0 aliphatic carbocycles. The maximum atomic E-state index is 5.76. The van der Waals surface area contributed by atoms with E-state index in [4.69, 9.17) is 5.73 Å². The average molecular weight is 263 g/mol. The lowest BCUT2D eigenvalue weighted by molar-refractivity contribution is 0.914. The van der Waals surface area contributed by atoms with Crippen LogP contribution in [-0.4, -0.2) is 19.4 Å². The summed E-state index contributed by atoms with van der Waals surface area (Å²) in [7, 11) is 0. The third kappa shape index (κ3) is 1.92. The Hall–Kier alpha value is -1.44. The van der Waals surface area contributed by atoms with Gasteiger partial charge in [-0.05, 0) is 17.8 Å². The Morgan fingerprint density at radius 2 is 2.18 bits per heavy atom. The lowest BCUT2D eigenvalue weighted by Gasteiger charge is -1.99. The molecule has 86 valence electrons. The summed E-state index contributed by atoms with van der Waals surface area (Å²) in [5, 5.41) is 3.56. The average Bonchev–Trinajstić information content (AvgIpc) is 2.90. The van der Waals surface area contributed by atoms with Gasteiger partial charge < -0.3 is 5.73 Å². The fourth-order valence-electron chi connectivity index (χ4n) is 1.50. The molecule has 3 aromatic rings. The standard InChI is InChI=1S/C10H9N5S2/c11-6-7-8(14-10-15(7)4-5-16-10)17-9-12-2-1-3-13-9/h1-5H,6,11H2. The lowest BCUT2D eigenvalue weighted by atomic mass is 10.5. The highest BCUT2D eigenvalue weighted by molar-refractivity contribution is 7.99. The maximum Gasteiger partial charge on any atom is 0.194 e. The second kappa shape index (κ2) is 4.44. The van der Waals surface area contributed by atoms with Gasteiger partial charge in [0.2, 0.25) is 0 Å². The van der Waals surface area contributed by atoms with Gasteiger partial charge >= 0.3 is 0 Å². The minimum atomic E-state index is 0.451. The Morgan fingerprint density at radius 3 is 2.94 bits per heavy atom. The normalized spacial score (nSPS) is 11.1. The molecule has 2 N–H and O–H groups in total. The maximum absolute atomic E-state index is 5.76. The van der Waals surface area contributed by atoms with Crippen LogP contribution in [0.25, 0.3) is 4.96 Å². The number of aromatic nitrogens is 4. The first kappa shape index (κ1) is 10.7. The van der Waals surface area contributed by atoms with Crippen LogP contribution in [0.3, 0.4) is 0 Å². The van der Waals surface area contributed by atoms with Crippen LogP contribution in [0.4, 0.5) is 0 Å². The molecule has 0 aliphatic heterocycles. The monoisotopic (exact) mass is 263 g/mol. The SMILES string of the molecule is NCc1c(Sc2ncccn2)nc2sccn12. The summed E-state index contributed by atoms with van der Waals surface area (Å²) in [5.74, 6) is 0. The molecule has 17 heavy (non-hydrogen) atoms. The van der Waals surface area contributed by atoms with E-state index >= 15 is 0 Å². The van der Waals surface area contributed by atoms with Gasteiger partial charge in [-0.3, -0.25) is 4.40 Å². The van der Waals surface area contributed by atoms with Gasteiger partial charge in [0.15, 0.2) is 10.1 Å². The molecule has 0 saturated carbocycles. The second-order valence-corrected chi connectivity index (χ2v) is 5.09. The van der Waals surface area contributed by atoms with Crippen LogP contribution in [0.15, 0.2) is 40.2 Å². The van der Waals surface area contributed by atoms with Crippen molar-refractivity contribution in [1.29, 1.82) is 0 Å². The van der Waals surface area contributed by atoms with Crippen LogP contribution in [0.2, 0.25) is 0 Å². The van der Waals surface area contributed by atoms with Crippen molar-refractivity contribution in [3.8, 4) is 0 Å². The van der Waals surface area contributed by atoms with E-state index in [1.54, 1.807) is 29.8 Å². The Labute approximate surface area is 106 Å². The summed E-state index contributed by atoms with van der Waals surface area (Å²) >= 11 is 3.03. The summed E-state index contributed by atoms with van der Waals surface area (Å²) in [6, 6.07) is 1.79. The molecule has 0 saturated heterocycles. The molecule has 0 radical (unpaired) electrons. The Morgan fingerprint density at radius 1 is 1.35 bits per heavy atom. The number of thiazole rings is 1. The Balaban J connectivity index is 2.02. The number of fused-ring (bicyclic) bond motifs is 1. The van der Waals surface area contributed by atoms with Gasteiger partial charge in [-0.2, -0.15) is 0 Å². The third-order valence-corrected chi connectivity index (χ3v) is 3.92. The summed E-state index contributed by atoms with van der Waals surface area (Å²) in [6.45, 7) is 0.451. The summed E-state index contributed by atoms with van der Waals surface area (Å²) < 4.78 is 2.01. The highest BCUT2D eigenvalue weighted by atomic mass is 32.2. The number of rotatable bonds is 3. The van der Waals surface area contributed by atoms with Gasteiger partial charge in [0.1, 0.15) is 5.03 Å². The Bertz CT molecular complexity index is 630. The van der Waals surface area contributed by atoms with Crippen LogP contribution >= 0.6 is 23.1 Å². The predicted molar refractivity (Wildman–Crippen MR) is 67.1 cm³/mol. The molecule has 0 aliphatic rings. The lowest BCUT2D eigenvalue weighted by Crippen LogP contribution is -2.01. The van der Waals surface area contributed by atoms with E-state index in [0.29, 0.717) is 11.7 Å². The molecule has 0 unspecified atom stereocenters. The molecular weight excluding hydrogens is 254 g/mol. The largest absolute Gasteiger partial charge is 0.325 e. The van der Waals surface area contributed by atoms with E-state index in [-0.39, 0.29) is 0 Å². The van der Waals surface area contributed by atoms with Gasteiger partial charge in [-0.1, -0.05) is 0 Å². The van der Waals surface area contributed by atoms with E-state index in [1.807, 2.05) is 16.0 Å². The topological polar surface area (TPSA) is 69.1 Å². The first-order valence-corrected chi connectivity index (χ1v) is 6.67. The van der Waals surface area contributed by atoms with Crippen molar-refractivity contribution in [2.24, 2.45) is 5.73 Å². The first-order valence-electron chi connectivity index (χ1n) is 4.98. The van der Waals surface area contributed by atoms with Gasteiger partial charge in [-0.15, -0.1) is 11.3 Å². The van der Waals surface area contributed by atoms with Crippen LogP contribution in [0.1, 0.15) is 5.69 Å². The van der Waals surface area contributed by atoms with E-state index in [0.717, 1.165) is 15.7 Å². The summed E-state index contributed by atoms with van der Waals surface area (Å²) in [4.78, 5) is 13.8. The van der Waals surface area contributed by atoms with Crippen molar-refractivity contribution in [1.82, 2.24) is 19.4 Å². The first-order chi connectivity index (χ1) is 8.38. The van der Waals surface area contributed by atoms with Crippen LogP contribution in [0, 0.1) is 0 Å². The summed E-state index contributed by atoms with van der Waals surface area (Å²) in [6.07, 6.45) is 5.41. The molecule has 3 heterocycles. The number of hydrogen-bond acceptors (Lipinski definition) is 6. The van der Waals surface area contributed by atoms with Crippen molar-refractivity contribution in [3.05, 3.63) is 35.7 Å². The number of nitrogens with two attached hydrogens (primary N) is 1. The highest BCUT2D eigenvalue weighted by Gasteiger charge is 2.13. The van der Waals surface area contributed by atoms with Crippen molar-refractivity contribution in [3.63, 3.8) is 0 Å². The van der Waals surface area contributed by atoms with E-state index in [2.05, 4.69) is 15.0 Å². The zero-order chi connectivity index (χ0) is 11.7. The molecule has 3 rings (SSSR count). The number of nitrogens with zero attached hydrogens (tertiary/aromatic N) is 4. The highest BCUT2D eigenvalue weighted by Crippen LogP contribution is 2.29. The Kier molecular flexibility index (Phi) is 2.79. The van der Waals surface area contributed by atoms with Crippen molar-refractivity contribution in [2.75, 3.05) is 0 Å². The fraction of sp³-hybridized carbons (Fsp3) is 0.100. The van der Waals surface area contributed by atoms with Gasteiger partial charge in [0.05, 0.1) is 5.69 Å². The van der Waals surface area contributed by atoms with E-state index in [9.17, 15) is 0 Å². The molecule has 0 aromatic carbocycles. The molecule has 7 heteroatoms. The molecule has 0 amide bonds. The fourth-order valence-corrected chi connectivity index (χ4v) is 3.13. The molecule has 5 nitrogen and oxygen atoms in total. The molecule has 0 spiro atoms. The van der Waals surface area contributed by atoms with Crippen LogP contribution in [-0.2, 0) is 6.54 Å². The minimum Gasteiger partial charge on any atom is -0.325 e. The zero-order valence-electron chi connectivity index (χ0n) is 8.78. The van der Waals surface area contributed by atoms with E-state index in [1.165, 1.54) is 11.8 Å². The predicted octanol–water partition coefficient (Wildman–Crippen LogP) is 1.80. The van der Waals surface area contributed by atoms with Gasteiger partial charge in [-0.25, -0.2) is 15.0 Å². The molecule has 0 bridgehead atoms. The van der Waals surface area contributed by atoms with Crippen LogP contribution in [0.5, 0.6) is 0 Å². The zero-order valence-corrected chi connectivity index (χ0v) is 10.4. The van der Waals surface area contributed by atoms with Gasteiger partial charge in [0.25, 0.3) is 0 Å². The second-order valence-electron chi connectivity index (χ2n) is 3.26. The number of imidazole rings is 1. The molecular formula is C10H9N5S2. The third-order valence-electron chi connectivity index (χ3n) is 2.25. The molecule has 3 aromatic heterocycles. The minimum absolute atomic E-state index is 0.451. The molecule has 0 atom stereocenters. The van der Waals surface area contributed by atoms with Crippen molar-refractivity contribution >= 4 is 28.1 Å². The van der Waals surface area contributed by atoms with Crippen molar-refractivity contribution < 1.29 is 0 Å². The van der Waals surface area contributed by atoms with Crippen molar-refractivity contribution in [2.45, 2.75) is 16.7 Å². The van der Waals surface area contributed by atoms with E-state index < -0.39 is 0 Å². The quantitative estimate of drug-likeness (QED) is 0.730.